The Labute approximate surface area is 387 Å². The van der Waals surface area contributed by atoms with Crippen LogP contribution in [0.2, 0.25) is 0 Å². The third-order valence-corrected chi connectivity index (χ3v) is 10.6. The molecule has 0 N–H and O–H groups in total. The van der Waals surface area contributed by atoms with Crippen molar-refractivity contribution in [3.63, 3.8) is 0 Å². The van der Waals surface area contributed by atoms with Gasteiger partial charge in [0, 0.05) is 19.3 Å². The smallest absolute Gasteiger partial charge is 0.306 e. The number of unbranched alkanes of at least 4 members (excludes halogenated alkanes) is 18. The molecule has 1 atom stereocenters. The lowest BCUT2D eigenvalue weighted by atomic mass is 10.1. The molecule has 0 rings (SSSR count). The van der Waals surface area contributed by atoms with E-state index < -0.39 is 6.10 Å². The normalized spacial score (nSPS) is 12.9. The van der Waals surface area contributed by atoms with E-state index in [9.17, 15) is 14.4 Å². The molecule has 6 nitrogen and oxygen atoms in total. The lowest BCUT2D eigenvalue weighted by Crippen LogP contribution is -2.30. The summed E-state index contributed by atoms with van der Waals surface area (Å²) in [5, 5.41) is 0. The molecule has 0 amide bonds. The van der Waals surface area contributed by atoms with E-state index in [4.69, 9.17) is 14.2 Å². The summed E-state index contributed by atoms with van der Waals surface area (Å²) in [7, 11) is 0. The number of ether oxygens (including phenoxy) is 3. The molecule has 0 aromatic heterocycles. The van der Waals surface area contributed by atoms with Crippen LogP contribution in [0.4, 0.5) is 0 Å². The van der Waals surface area contributed by atoms with Crippen molar-refractivity contribution in [3.05, 3.63) is 97.2 Å². The number of hydrogen-bond donors (Lipinski definition) is 0. The van der Waals surface area contributed by atoms with Gasteiger partial charge in [-0.2, -0.15) is 0 Å². The van der Waals surface area contributed by atoms with Crippen molar-refractivity contribution < 1.29 is 28.6 Å². The maximum atomic E-state index is 12.8. The Bertz CT molecular complexity index is 1280. The molecule has 0 heterocycles. The minimum atomic E-state index is -0.799. The van der Waals surface area contributed by atoms with Gasteiger partial charge in [0.1, 0.15) is 13.2 Å². The Morgan fingerprint density at radius 2 is 0.619 bits per heavy atom. The largest absolute Gasteiger partial charge is 0.462 e. The minimum Gasteiger partial charge on any atom is -0.462 e. The maximum Gasteiger partial charge on any atom is 0.306 e. The van der Waals surface area contributed by atoms with Gasteiger partial charge >= 0.3 is 17.9 Å². The molecule has 0 aliphatic heterocycles. The van der Waals surface area contributed by atoms with Gasteiger partial charge in [-0.15, -0.1) is 0 Å². The Balaban J connectivity index is 4.47. The summed E-state index contributed by atoms with van der Waals surface area (Å²) in [5.41, 5.74) is 0. The lowest BCUT2D eigenvalue weighted by molar-refractivity contribution is -0.167. The van der Waals surface area contributed by atoms with Crippen molar-refractivity contribution in [1.29, 1.82) is 0 Å². The van der Waals surface area contributed by atoms with Crippen molar-refractivity contribution in [2.24, 2.45) is 0 Å². The Kier molecular flexibility index (Phi) is 48.0. The zero-order chi connectivity index (χ0) is 45.8. The summed E-state index contributed by atoms with van der Waals surface area (Å²) in [6.07, 6.45) is 66.7. The highest BCUT2D eigenvalue weighted by molar-refractivity contribution is 5.71. The molecule has 0 aliphatic carbocycles. The topological polar surface area (TPSA) is 78.9 Å². The maximum absolute atomic E-state index is 12.8. The fourth-order valence-electron chi connectivity index (χ4n) is 6.78. The van der Waals surface area contributed by atoms with Crippen LogP contribution >= 0.6 is 0 Å². The fraction of sp³-hybridized carbons (Fsp3) is 0.667. The quantitative estimate of drug-likeness (QED) is 0.0262. The SMILES string of the molecule is CC/C=C\C/C=C\C/C=C\C/C=C\CCCCCCC(=O)OCC(COC(=O)CCCCCCCCCCCCC)OC(=O)CCCCCC/C=C\C/C=C\C/C=C\C/C=C\CC. The molecule has 0 aliphatic rings. The summed E-state index contributed by atoms with van der Waals surface area (Å²) < 4.78 is 16.8. The number of rotatable bonds is 45. The van der Waals surface area contributed by atoms with Gasteiger partial charge in [-0.1, -0.05) is 208 Å². The van der Waals surface area contributed by atoms with Gasteiger partial charge in [-0.05, 0) is 96.3 Å². The Morgan fingerprint density at radius 1 is 0.333 bits per heavy atom. The molecule has 0 saturated carbocycles. The average molecular weight is 875 g/mol. The van der Waals surface area contributed by atoms with E-state index in [2.05, 4.69) is 118 Å². The number of hydrogen-bond acceptors (Lipinski definition) is 6. The lowest BCUT2D eigenvalue weighted by Gasteiger charge is -2.18. The second-order valence-corrected chi connectivity index (χ2v) is 16.7. The van der Waals surface area contributed by atoms with Crippen LogP contribution in [0.1, 0.15) is 226 Å². The number of carbonyl (C=O) groups excluding carboxylic acids is 3. The highest BCUT2D eigenvalue weighted by atomic mass is 16.6. The van der Waals surface area contributed by atoms with Crippen LogP contribution in [0.5, 0.6) is 0 Å². The molecule has 358 valence electrons. The monoisotopic (exact) mass is 875 g/mol. The Hall–Kier alpha value is -3.67. The first-order chi connectivity index (χ1) is 31.0. The van der Waals surface area contributed by atoms with E-state index >= 15 is 0 Å². The third kappa shape index (κ3) is 49.2. The zero-order valence-electron chi connectivity index (χ0n) is 40.8. The van der Waals surface area contributed by atoms with Gasteiger partial charge in [0.25, 0.3) is 0 Å². The zero-order valence-corrected chi connectivity index (χ0v) is 40.8. The molecule has 0 fully saturated rings. The van der Waals surface area contributed by atoms with Crippen LogP contribution in [0.15, 0.2) is 97.2 Å². The van der Waals surface area contributed by atoms with Crippen molar-refractivity contribution in [2.75, 3.05) is 13.2 Å². The molecule has 0 spiro atoms. The van der Waals surface area contributed by atoms with Gasteiger partial charge in [0.05, 0.1) is 0 Å². The van der Waals surface area contributed by atoms with E-state index in [0.29, 0.717) is 19.3 Å². The first kappa shape index (κ1) is 59.3. The summed E-state index contributed by atoms with van der Waals surface area (Å²) >= 11 is 0. The predicted molar refractivity (Wildman–Crippen MR) is 270 cm³/mol. The summed E-state index contributed by atoms with van der Waals surface area (Å²) in [6, 6.07) is 0. The first-order valence-corrected chi connectivity index (χ1v) is 25.7. The highest BCUT2D eigenvalue weighted by Crippen LogP contribution is 2.14. The van der Waals surface area contributed by atoms with Crippen molar-refractivity contribution in [1.82, 2.24) is 0 Å². The van der Waals surface area contributed by atoms with Crippen LogP contribution in [0.25, 0.3) is 0 Å². The molecular weight excluding hydrogens is 781 g/mol. The van der Waals surface area contributed by atoms with E-state index in [1.54, 1.807) is 0 Å². The summed E-state index contributed by atoms with van der Waals surface area (Å²) in [5.74, 6) is -0.947. The van der Waals surface area contributed by atoms with Crippen LogP contribution in [0.3, 0.4) is 0 Å². The van der Waals surface area contributed by atoms with Crippen molar-refractivity contribution in [3.8, 4) is 0 Å². The van der Waals surface area contributed by atoms with Gasteiger partial charge in [0.15, 0.2) is 6.10 Å². The van der Waals surface area contributed by atoms with Crippen LogP contribution in [-0.4, -0.2) is 37.2 Å². The predicted octanol–water partition coefficient (Wildman–Crippen LogP) is 17.0. The molecule has 0 radical (unpaired) electrons. The molecule has 0 bridgehead atoms. The molecule has 6 heteroatoms. The van der Waals surface area contributed by atoms with Gasteiger partial charge in [0.2, 0.25) is 0 Å². The molecule has 0 aromatic rings. The first-order valence-electron chi connectivity index (χ1n) is 25.7. The van der Waals surface area contributed by atoms with Gasteiger partial charge < -0.3 is 14.2 Å². The number of esters is 3. The number of carbonyl (C=O) groups is 3. The van der Waals surface area contributed by atoms with Crippen molar-refractivity contribution >= 4 is 17.9 Å². The van der Waals surface area contributed by atoms with Crippen LogP contribution in [-0.2, 0) is 28.6 Å². The van der Waals surface area contributed by atoms with Crippen LogP contribution < -0.4 is 0 Å². The standard InChI is InChI=1S/C57H94O6/c1-4-7-10-13-16-19-22-24-26-28-30-32-35-38-41-44-47-50-56(59)62-53-54(52-61-55(58)49-46-43-40-37-34-21-18-15-12-9-6-3)63-57(60)51-48-45-42-39-36-33-31-29-27-25-23-20-17-14-11-8-5-2/h7-8,10-11,16-17,19-20,24-27,30-33,54H,4-6,9,12-15,18,21-23,28-29,34-53H2,1-3H3/b10-7-,11-8-,19-16-,20-17-,26-24-,27-25-,32-30-,33-31-. The molecule has 63 heavy (non-hydrogen) atoms. The summed E-state index contributed by atoms with van der Waals surface area (Å²) in [6.45, 7) is 6.35. The second kappa shape index (κ2) is 51.0. The molecule has 0 aromatic carbocycles. The van der Waals surface area contributed by atoms with Crippen molar-refractivity contribution in [2.45, 2.75) is 232 Å². The molecule has 1 unspecified atom stereocenters. The minimum absolute atomic E-state index is 0.0952. The van der Waals surface area contributed by atoms with Crippen LogP contribution in [0, 0.1) is 0 Å². The Morgan fingerprint density at radius 3 is 0.968 bits per heavy atom. The number of allylic oxidation sites excluding steroid dienone is 16. The summed E-state index contributed by atoms with van der Waals surface area (Å²) in [4.78, 5) is 38.0. The van der Waals surface area contributed by atoms with E-state index in [0.717, 1.165) is 135 Å². The van der Waals surface area contributed by atoms with Gasteiger partial charge in [-0.3, -0.25) is 14.4 Å². The van der Waals surface area contributed by atoms with E-state index in [1.165, 1.54) is 51.4 Å². The molecular formula is C57H94O6. The van der Waals surface area contributed by atoms with Gasteiger partial charge in [-0.25, -0.2) is 0 Å². The van der Waals surface area contributed by atoms with E-state index in [1.807, 2.05) is 0 Å². The highest BCUT2D eigenvalue weighted by Gasteiger charge is 2.19. The fourth-order valence-corrected chi connectivity index (χ4v) is 6.78. The average Bonchev–Trinajstić information content (AvgIpc) is 3.28. The molecule has 0 saturated heterocycles. The third-order valence-electron chi connectivity index (χ3n) is 10.6. The van der Waals surface area contributed by atoms with E-state index in [-0.39, 0.29) is 31.1 Å². The second-order valence-electron chi connectivity index (χ2n) is 16.7.